The van der Waals surface area contributed by atoms with E-state index in [1.54, 1.807) is 6.07 Å². The number of carbonyl (C=O) groups excluding carboxylic acids is 1. The Morgan fingerprint density at radius 3 is 2.43 bits per heavy atom. The van der Waals surface area contributed by atoms with Gasteiger partial charge in [-0.2, -0.15) is 0 Å². The molecule has 0 heterocycles. The van der Waals surface area contributed by atoms with Crippen molar-refractivity contribution in [2.45, 2.75) is 13.8 Å². The smallest absolute Gasteiger partial charge is 0.195 e. The SMILES string of the molecule is Cc1cccc(C(=O)c2c(C)ccc3ccccc23)c1N. The van der Waals surface area contributed by atoms with Crippen LogP contribution >= 0.6 is 0 Å². The Labute approximate surface area is 124 Å². The minimum absolute atomic E-state index is 0.00880. The van der Waals surface area contributed by atoms with E-state index in [1.807, 2.05) is 62.4 Å². The summed E-state index contributed by atoms with van der Waals surface area (Å²) < 4.78 is 0. The predicted octanol–water partition coefficient (Wildman–Crippen LogP) is 4.27. The molecule has 0 aliphatic rings. The normalized spacial score (nSPS) is 10.8. The highest BCUT2D eigenvalue weighted by molar-refractivity contribution is 6.19. The number of hydrogen-bond donors (Lipinski definition) is 1. The summed E-state index contributed by atoms with van der Waals surface area (Å²) in [4.78, 5) is 13.0. The van der Waals surface area contributed by atoms with Crippen molar-refractivity contribution in [1.82, 2.24) is 0 Å². The Balaban J connectivity index is 2.27. The Morgan fingerprint density at radius 1 is 0.857 bits per heavy atom. The molecule has 0 saturated carbocycles. The molecule has 3 aromatic rings. The van der Waals surface area contributed by atoms with Crippen LogP contribution in [0.25, 0.3) is 10.8 Å². The van der Waals surface area contributed by atoms with Gasteiger partial charge in [0.1, 0.15) is 0 Å². The molecule has 0 fully saturated rings. The highest BCUT2D eigenvalue weighted by atomic mass is 16.1. The maximum atomic E-state index is 13.0. The van der Waals surface area contributed by atoms with Gasteiger partial charge in [-0.15, -0.1) is 0 Å². The van der Waals surface area contributed by atoms with Gasteiger partial charge in [0.15, 0.2) is 5.78 Å². The Hall–Kier alpha value is -2.61. The third-order valence-corrected chi connectivity index (χ3v) is 3.93. The van der Waals surface area contributed by atoms with Crippen molar-refractivity contribution in [3.63, 3.8) is 0 Å². The number of fused-ring (bicyclic) bond motifs is 1. The summed E-state index contributed by atoms with van der Waals surface area (Å²) in [7, 11) is 0. The first-order valence-electron chi connectivity index (χ1n) is 6.97. The van der Waals surface area contributed by atoms with Crippen LogP contribution in [0, 0.1) is 13.8 Å². The zero-order valence-corrected chi connectivity index (χ0v) is 12.2. The van der Waals surface area contributed by atoms with E-state index in [9.17, 15) is 4.79 Å². The second-order valence-electron chi connectivity index (χ2n) is 5.34. The average molecular weight is 275 g/mol. The van der Waals surface area contributed by atoms with Crippen molar-refractivity contribution >= 4 is 22.2 Å². The Bertz CT molecular complexity index is 849. The molecule has 0 amide bonds. The van der Waals surface area contributed by atoms with Gasteiger partial charge in [-0.05, 0) is 41.8 Å². The summed E-state index contributed by atoms with van der Waals surface area (Å²) in [6.45, 7) is 3.88. The zero-order valence-electron chi connectivity index (χ0n) is 12.2. The molecule has 0 aliphatic heterocycles. The first-order valence-corrected chi connectivity index (χ1v) is 6.97. The standard InChI is InChI=1S/C19H17NO/c1-12-10-11-14-7-3-4-8-15(14)17(12)19(21)16-9-5-6-13(2)18(16)20/h3-11H,20H2,1-2H3. The lowest BCUT2D eigenvalue weighted by atomic mass is 9.92. The number of nitrogen functional groups attached to an aromatic ring is 1. The van der Waals surface area contributed by atoms with E-state index in [2.05, 4.69) is 0 Å². The van der Waals surface area contributed by atoms with Crippen LogP contribution in [0.15, 0.2) is 54.6 Å². The van der Waals surface area contributed by atoms with Crippen LogP contribution in [0.4, 0.5) is 5.69 Å². The summed E-state index contributed by atoms with van der Waals surface area (Å²) in [6.07, 6.45) is 0. The molecule has 21 heavy (non-hydrogen) atoms. The van der Waals surface area contributed by atoms with Gasteiger partial charge in [0.05, 0.1) is 0 Å². The van der Waals surface area contributed by atoms with Gasteiger partial charge in [0.25, 0.3) is 0 Å². The largest absolute Gasteiger partial charge is 0.398 e. The monoisotopic (exact) mass is 275 g/mol. The first-order chi connectivity index (χ1) is 10.1. The molecule has 0 saturated heterocycles. The number of ketones is 1. The summed E-state index contributed by atoms with van der Waals surface area (Å²) in [6, 6.07) is 17.6. The summed E-state index contributed by atoms with van der Waals surface area (Å²) >= 11 is 0. The minimum atomic E-state index is -0.00880. The third-order valence-electron chi connectivity index (χ3n) is 3.93. The van der Waals surface area contributed by atoms with Crippen molar-refractivity contribution in [2.75, 3.05) is 5.73 Å². The van der Waals surface area contributed by atoms with E-state index in [1.165, 1.54) is 0 Å². The van der Waals surface area contributed by atoms with Crippen molar-refractivity contribution in [1.29, 1.82) is 0 Å². The lowest BCUT2D eigenvalue weighted by Crippen LogP contribution is -2.08. The summed E-state index contributed by atoms with van der Waals surface area (Å²) in [5.74, 6) is -0.00880. The first kappa shape index (κ1) is 13.4. The van der Waals surface area contributed by atoms with Crippen LogP contribution in [0.3, 0.4) is 0 Å². The number of benzene rings is 3. The lowest BCUT2D eigenvalue weighted by Gasteiger charge is -2.12. The fourth-order valence-electron chi connectivity index (χ4n) is 2.70. The minimum Gasteiger partial charge on any atom is -0.398 e. The van der Waals surface area contributed by atoms with E-state index in [-0.39, 0.29) is 5.78 Å². The molecule has 0 atom stereocenters. The van der Waals surface area contributed by atoms with Gasteiger partial charge >= 0.3 is 0 Å². The fraction of sp³-hybridized carbons (Fsp3) is 0.105. The van der Waals surface area contributed by atoms with Crippen LogP contribution in [0.1, 0.15) is 27.0 Å². The average Bonchev–Trinajstić information content (AvgIpc) is 2.49. The maximum Gasteiger partial charge on any atom is 0.195 e. The van der Waals surface area contributed by atoms with Crippen LogP contribution < -0.4 is 5.73 Å². The van der Waals surface area contributed by atoms with Crippen molar-refractivity contribution in [3.05, 3.63) is 76.9 Å². The number of carbonyl (C=O) groups is 1. The number of aryl methyl sites for hydroxylation is 2. The second kappa shape index (κ2) is 5.06. The van der Waals surface area contributed by atoms with E-state index in [0.717, 1.165) is 27.5 Å². The molecule has 0 aromatic heterocycles. The number of hydrogen-bond acceptors (Lipinski definition) is 2. The molecule has 2 nitrogen and oxygen atoms in total. The van der Waals surface area contributed by atoms with Crippen molar-refractivity contribution < 1.29 is 4.79 Å². The lowest BCUT2D eigenvalue weighted by molar-refractivity contribution is 0.104. The van der Waals surface area contributed by atoms with E-state index >= 15 is 0 Å². The van der Waals surface area contributed by atoms with Gasteiger partial charge in [-0.25, -0.2) is 0 Å². The van der Waals surface area contributed by atoms with E-state index in [0.29, 0.717) is 11.3 Å². The molecule has 0 aliphatic carbocycles. The number of anilines is 1. The summed E-state index contributed by atoms with van der Waals surface area (Å²) in [5.41, 5.74) is 9.88. The van der Waals surface area contributed by atoms with Crippen molar-refractivity contribution in [3.8, 4) is 0 Å². The Morgan fingerprint density at radius 2 is 1.62 bits per heavy atom. The number of nitrogens with two attached hydrogens (primary N) is 1. The Kier molecular flexibility index (Phi) is 3.22. The van der Waals surface area contributed by atoms with Gasteiger partial charge in [-0.3, -0.25) is 4.79 Å². The van der Waals surface area contributed by atoms with Gasteiger partial charge in [0, 0.05) is 16.8 Å². The highest BCUT2D eigenvalue weighted by Crippen LogP contribution is 2.27. The van der Waals surface area contributed by atoms with Crippen LogP contribution in [0.5, 0.6) is 0 Å². The topological polar surface area (TPSA) is 43.1 Å². The second-order valence-corrected chi connectivity index (χ2v) is 5.34. The molecular formula is C19H17NO. The molecule has 0 unspecified atom stereocenters. The zero-order chi connectivity index (χ0) is 15.0. The molecule has 3 rings (SSSR count). The predicted molar refractivity (Wildman–Crippen MR) is 87.7 cm³/mol. The molecule has 3 aromatic carbocycles. The maximum absolute atomic E-state index is 13.0. The summed E-state index contributed by atoms with van der Waals surface area (Å²) in [5, 5.41) is 2.04. The quantitative estimate of drug-likeness (QED) is 0.560. The third kappa shape index (κ3) is 2.19. The van der Waals surface area contributed by atoms with Gasteiger partial charge in [0.2, 0.25) is 0 Å². The van der Waals surface area contributed by atoms with Crippen LogP contribution in [0.2, 0.25) is 0 Å². The molecule has 0 spiro atoms. The van der Waals surface area contributed by atoms with Crippen LogP contribution in [-0.4, -0.2) is 5.78 Å². The number of para-hydroxylation sites is 1. The number of rotatable bonds is 2. The van der Waals surface area contributed by atoms with E-state index in [4.69, 9.17) is 5.73 Å². The van der Waals surface area contributed by atoms with Crippen LogP contribution in [-0.2, 0) is 0 Å². The van der Waals surface area contributed by atoms with Gasteiger partial charge in [-0.1, -0.05) is 48.5 Å². The molecule has 0 bridgehead atoms. The van der Waals surface area contributed by atoms with Crippen molar-refractivity contribution in [2.24, 2.45) is 0 Å². The highest BCUT2D eigenvalue weighted by Gasteiger charge is 2.17. The van der Waals surface area contributed by atoms with E-state index < -0.39 is 0 Å². The molecule has 2 N–H and O–H groups in total. The molecule has 2 heteroatoms. The molecular weight excluding hydrogens is 258 g/mol. The molecule has 104 valence electrons. The fourth-order valence-corrected chi connectivity index (χ4v) is 2.70. The van der Waals surface area contributed by atoms with Gasteiger partial charge < -0.3 is 5.73 Å². The molecule has 0 radical (unpaired) electrons.